The van der Waals surface area contributed by atoms with Crippen LogP contribution in [0, 0.1) is 0 Å². The van der Waals surface area contributed by atoms with Crippen LogP contribution in [0.4, 0.5) is 5.69 Å². The molecule has 0 amide bonds. The van der Waals surface area contributed by atoms with E-state index in [4.69, 9.17) is 18.6 Å². The second-order valence-electron chi connectivity index (χ2n) is 9.33. The fraction of sp³-hybridized carbons (Fsp3) is 0.600. The summed E-state index contributed by atoms with van der Waals surface area (Å²) in [5.41, 5.74) is 0.113. The number of anilines is 1. The molecule has 2 aliphatic heterocycles. The lowest BCUT2D eigenvalue weighted by molar-refractivity contribution is 0.00578. The van der Waals surface area contributed by atoms with Crippen LogP contribution in [0.3, 0.4) is 0 Å². The highest BCUT2D eigenvalue weighted by atomic mass is 16.7. The van der Waals surface area contributed by atoms with Crippen LogP contribution in [-0.4, -0.2) is 36.9 Å². The fourth-order valence-electron chi connectivity index (χ4n) is 2.98. The van der Waals surface area contributed by atoms with Gasteiger partial charge < -0.3 is 23.3 Å². The third-order valence-electron chi connectivity index (χ3n) is 6.36. The van der Waals surface area contributed by atoms with E-state index in [0.29, 0.717) is 0 Å². The van der Waals surface area contributed by atoms with Gasteiger partial charge in [-0.2, -0.15) is 0 Å². The largest absolute Gasteiger partial charge is 0.585 e. The summed E-state index contributed by atoms with van der Waals surface area (Å²) in [5, 5.41) is 0. The minimum Gasteiger partial charge on any atom is -0.385 e. The Morgan fingerprint density at radius 2 is 1.04 bits per heavy atom. The second kappa shape index (κ2) is 6.38. The van der Waals surface area contributed by atoms with Crippen molar-refractivity contribution in [3.8, 4) is 0 Å². The van der Waals surface area contributed by atoms with E-state index in [1.54, 1.807) is 0 Å². The van der Waals surface area contributed by atoms with Crippen molar-refractivity contribution in [2.75, 3.05) is 4.72 Å². The molecule has 2 fully saturated rings. The molecule has 0 radical (unpaired) electrons. The lowest BCUT2D eigenvalue weighted by atomic mass is 9.87. The second-order valence-corrected chi connectivity index (χ2v) is 9.33. The number of rotatable bonds is 4. The average molecular weight is 371 g/mol. The van der Waals surface area contributed by atoms with Gasteiger partial charge in [0.2, 0.25) is 0 Å². The molecule has 0 bridgehead atoms. The molecule has 27 heavy (non-hydrogen) atoms. The molecule has 7 heteroatoms. The van der Waals surface area contributed by atoms with Crippen LogP contribution < -0.4 is 4.72 Å². The van der Waals surface area contributed by atoms with Gasteiger partial charge in [0.15, 0.2) is 0 Å². The third kappa shape index (κ3) is 3.46. The van der Waals surface area contributed by atoms with Gasteiger partial charge in [0.25, 0.3) is 0 Å². The summed E-state index contributed by atoms with van der Waals surface area (Å²) < 4.78 is 27.2. The molecule has 2 heterocycles. The van der Waals surface area contributed by atoms with E-state index >= 15 is 0 Å². The van der Waals surface area contributed by atoms with Crippen molar-refractivity contribution in [2.24, 2.45) is 0 Å². The summed E-state index contributed by atoms with van der Waals surface area (Å²) in [7, 11) is -1.25. The van der Waals surface area contributed by atoms with Crippen molar-refractivity contribution >= 4 is 26.3 Å². The molecule has 2 aliphatic rings. The lowest BCUT2D eigenvalue weighted by Gasteiger charge is -2.32. The van der Waals surface area contributed by atoms with Crippen molar-refractivity contribution in [2.45, 2.75) is 77.8 Å². The Labute approximate surface area is 164 Å². The van der Waals surface area contributed by atoms with Crippen LogP contribution in [0.2, 0.25) is 0 Å². The standard InChI is InChI=1S/C20H31B2NO4/c1-10-15-11-13-16(14-12-15)23(21-24-17(2,3)18(4,5)25-21)22-26-19(6,7)20(8,9)27-22/h10-14H,1H2,2-9H3. The van der Waals surface area contributed by atoms with Gasteiger partial charge >= 0.3 is 14.5 Å². The maximum Gasteiger partial charge on any atom is 0.585 e. The van der Waals surface area contributed by atoms with Crippen LogP contribution in [0.5, 0.6) is 0 Å². The summed E-state index contributed by atoms with van der Waals surface area (Å²) in [6, 6.07) is 8.03. The summed E-state index contributed by atoms with van der Waals surface area (Å²) in [6.45, 7) is 20.1. The van der Waals surface area contributed by atoms with E-state index in [9.17, 15) is 0 Å². The zero-order valence-corrected chi connectivity index (χ0v) is 17.8. The van der Waals surface area contributed by atoms with Gasteiger partial charge in [0.1, 0.15) is 0 Å². The molecule has 3 rings (SSSR count). The van der Waals surface area contributed by atoms with E-state index in [0.717, 1.165) is 11.3 Å². The van der Waals surface area contributed by atoms with Crippen molar-refractivity contribution in [3.05, 3.63) is 36.4 Å². The first kappa shape index (κ1) is 20.5. The van der Waals surface area contributed by atoms with E-state index in [1.807, 2.05) is 90.5 Å². The maximum absolute atomic E-state index is 6.31. The Hall–Kier alpha value is -1.27. The van der Waals surface area contributed by atoms with Crippen molar-refractivity contribution in [1.82, 2.24) is 0 Å². The highest BCUT2D eigenvalue weighted by Gasteiger charge is 2.61. The first-order valence-electron chi connectivity index (χ1n) is 9.52. The minimum absolute atomic E-state index is 0.458. The zero-order valence-electron chi connectivity index (χ0n) is 17.8. The highest BCUT2D eigenvalue weighted by molar-refractivity contribution is 6.72. The molecular formula is C20H31B2NO4. The van der Waals surface area contributed by atoms with Crippen LogP contribution in [0.1, 0.15) is 61.0 Å². The Morgan fingerprint density at radius 1 is 0.704 bits per heavy atom. The average Bonchev–Trinajstić information content (AvgIpc) is 2.87. The molecule has 0 spiro atoms. The molecule has 0 atom stereocenters. The van der Waals surface area contributed by atoms with Crippen LogP contribution in [0.15, 0.2) is 30.8 Å². The minimum atomic E-state index is -0.626. The Kier molecular flexibility index (Phi) is 4.83. The maximum atomic E-state index is 6.31. The molecule has 2 saturated heterocycles. The van der Waals surface area contributed by atoms with Gasteiger partial charge in [-0.25, -0.2) is 0 Å². The molecule has 0 aromatic heterocycles. The SMILES string of the molecule is C=Cc1ccc(N(B2OC(C)(C)C(C)(C)O2)B2OC(C)(C)C(C)(C)O2)cc1. The molecule has 146 valence electrons. The Morgan fingerprint density at radius 3 is 1.33 bits per heavy atom. The van der Waals surface area contributed by atoms with E-state index in [-0.39, 0.29) is 0 Å². The summed E-state index contributed by atoms with van der Waals surface area (Å²) in [6.07, 6.45) is 1.82. The number of benzene rings is 1. The fourth-order valence-corrected chi connectivity index (χ4v) is 2.98. The number of hydrogen-bond donors (Lipinski definition) is 0. The van der Waals surface area contributed by atoms with Gasteiger partial charge in [0.05, 0.1) is 22.4 Å². The normalized spacial score (nSPS) is 24.9. The molecule has 5 nitrogen and oxygen atoms in total. The monoisotopic (exact) mass is 371 g/mol. The van der Waals surface area contributed by atoms with E-state index in [2.05, 4.69) is 6.58 Å². The molecule has 0 aliphatic carbocycles. The van der Waals surface area contributed by atoms with Crippen molar-refractivity contribution < 1.29 is 18.6 Å². The topological polar surface area (TPSA) is 40.2 Å². The highest BCUT2D eigenvalue weighted by Crippen LogP contribution is 2.43. The lowest BCUT2D eigenvalue weighted by Crippen LogP contribution is -2.53. The van der Waals surface area contributed by atoms with Crippen molar-refractivity contribution in [1.29, 1.82) is 0 Å². The summed E-state index contributed by atoms with van der Waals surface area (Å²) >= 11 is 0. The molecule has 1 aromatic rings. The first-order valence-corrected chi connectivity index (χ1v) is 9.52. The van der Waals surface area contributed by atoms with E-state index in [1.165, 1.54) is 0 Å². The molecule has 0 unspecified atom stereocenters. The first-order chi connectivity index (χ1) is 12.3. The predicted molar refractivity (Wildman–Crippen MR) is 111 cm³/mol. The molecular weight excluding hydrogens is 340 g/mol. The predicted octanol–water partition coefficient (Wildman–Crippen LogP) is 4.31. The molecule has 0 saturated carbocycles. The molecule has 1 aromatic carbocycles. The Balaban J connectivity index is 1.99. The van der Waals surface area contributed by atoms with Crippen LogP contribution >= 0.6 is 0 Å². The quantitative estimate of drug-likeness (QED) is 0.738. The van der Waals surface area contributed by atoms with Gasteiger partial charge in [-0.1, -0.05) is 24.8 Å². The van der Waals surface area contributed by atoms with Gasteiger partial charge in [-0.15, -0.1) is 0 Å². The van der Waals surface area contributed by atoms with Gasteiger partial charge in [0, 0.05) is 5.69 Å². The molecule has 0 N–H and O–H groups in total. The Bertz CT molecular complexity index is 647. The number of hydrogen-bond acceptors (Lipinski definition) is 5. The van der Waals surface area contributed by atoms with Gasteiger partial charge in [-0.3, -0.25) is 0 Å². The van der Waals surface area contributed by atoms with Crippen molar-refractivity contribution in [3.63, 3.8) is 0 Å². The van der Waals surface area contributed by atoms with E-state index < -0.39 is 36.9 Å². The van der Waals surface area contributed by atoms with Gasteiger partial charge in [-0.05, 0) is 73.1 Å². The summed E-state index contributed by atoms with van der Waals surface area (Å²) in [4.78, 5) is 0. The smallest absolute Gasteiger partial charge is 0.385 e. The van der Waals surface area contributed by atoms with Crippen LogP contribution in [0.25, 0.3) is 6.08 Å². The summed E-state index contributed by atoms with van der Waals surface area (Å²) in [5.74, 6) is 0. The number of nitrogens with zero attached hydrogens (tertiary/aromatic N) is 1. The third-order valence-corrected chi connectivity index (χ3v) is 6.36. The van der Waals surface area contributed by atoms with Crippen LogP contribution in [-0.2, 0) is 18.6 Å². The zero-order chi connectivity index (χ0) is 20.3.